The van der Waals surface area contributed by atoms with Gasteiger partial charge in [0, 0.05) is 25.7 Å². The van der Waals surface area contributed by atoms with E-state index >= 15 is 0 Å². The van der Waals surface area contributed by atoms with Gasteiger partial charge in [0.15, 0.2) is 0 Å². The molecule has 0 radical (unpaired) electrons. The van der Waals surface area contributed by atoms with Crippen molar-refractivity contribution in [3.05, 3.63) is 27.4 Å². The number of aromatic nitrogens is 2. The van der Waals surface area contributed by atoms with Gasteiger partial charge in [-0.3, -0.25) is 9.36 Å². The molecular formula is C15H24N2O3S. The van der Waals surface area contributed by atoms with Gasteiger partial charge < -0.3 is 9.30 Å². The molecule has 0 aliphatic heterocycles. The molecule has 0 N–H and O–H groups in total. The van der Waals surface area contributed by atoms with Crippen LogP contribution in [0.1, 0.15) is 46.0 Å². The number of ether oxygens (including phenoxy) is 1. The minimum absolute atomic E-state index is 0.0399. The van der Waals surface area contributed by atoms with Gasteiger partial charge in [0.25, 0.3) is 0 Å². The van der Waals surface area contributed by atoms with Crippen molar-refractivity contribution in [2.75, 3.05) is 6.61 Å². The van der Waals surface area contributed by atoms with Crippen molar-refractivity contribution in [1.29, 1.82) is 0 Å². The molecule has 6 heteroatoms. The lowest BCUT2D eigenvalue weighted by molar-refractivity contribution is -0.143. The molecule has 0 aromatic carbocycles. The number of carbonyl (C=O) groups is 1. The Morgan fingerprint density at radius 3 is 2.62 bits per heavy atom. The Balaban J connectivity index is 2.29. The lowest BCUT2D eigenvalue weighted by Gasteiger charge is -2.09. The average Bonchev–Trinajstić information content (AvgIpc) is 2.48. The van der Waals surface area contributed by atoms with Crippen LogP contribution in [0.25, 0.3) is 0 Å². The highest BCUT2D eigenvalue weighted by atomic mass is 32.1. The normalized spacial score (nSPS) is 10.6. The van der Waals surface area contributed by atoms with E-state index in [0.29, 0.717) is 30.8 Å². The molecule has 0 fully saturated rings. The van der Waals surface area contributed by atoms with E-state index in [4.69, 9.17) is 17.0 Å². The SMILES string of the molecule is CCC(=O)OCCCCCCn1ccc(=S)n(CC)c1=O. The number of hydrogen-bond donors (Lipinski definition) is 0. The van der Waals surface area contributed by atoms with Gasteiger partial charge in [-0.15, -0.1) is 0 Å². The fourth-order valence-corrected chi connectivity index (χ4v) is 2.31. The molecule has 21 heavy (non-hydrogen) atoms. The van der Waals surface area contributed by atoms with Crippen molar-refractivity contribution in [2.24, 2.45) is 0 Å². The molecule has 0 amide bonds. The fourth-order valence-electron chi connectivity index (χ4n) is 2.04. The zero-order valence-electron chi connectivity index (χ0n) is 12.8. The fraction of sp³-hybridized carbons (Fsp3) is 0.667. The van der Waals surface area contributed by atoms with Gasteiger partial charge in [-0.1, -0.05) is 25.6 Å². The van der Waals surface area contributed by atoms with E-state index < -0.39 is 0 Å². The predicted octanol–water partition coefficient (Wildman–Crippen LogP) is 2.91. The third-order valence-electron chi connectivity index (χ3n) is 3.30. The second-order valence-corrected chi connectivity index (χ2v) is 5.28. The molecule has 5 nitrogen and oxygen atoms in total. The Kier molecular flexibility index (Phi) is 7.97. The maximum atomic E-state index is 12.1. The van der Waals surface area contributed by atoms with Gasteiger partial charge in [-0.05, 0) is 32.3 Å². The van der Waals surface area contributed by atoms with Gasteiger partial charge >= 0.3 is 11.7 Å². The van der Waals surface area contributed by atoms with Gasteiger partial charge in [-0.2, -0.15) is 0 Å². The highest BCUT2D eigenvalue weighted by Crippen LogP contribution is 2.02. The lowest BCUT2D eigenvalue weighted by atomic mass is 10.2. The van der Waals surface area contributed by atoms with E-state index in [2.05, 4.69) is 0 Å². The van der Waals surface area contributed by atoms with Crippen LogP contribution in [0.3, 0.4) is 0 Å². The van der Waals surface area contributed by atoms with Crippen molar-refractivity contribution in [2.45, 2.75) is 59.0 Å². The van der Waals surface area contributed by atoms with Gasteiger partial charge in [0.05, 0.1) is 6.61 Å². The Labute approximate surface area is 130 Å². The summed E-state index contributed by atoms with van der Waals surface area (Å²) in [7, 11) is 0. The largest absolute Gasteiger partial charge is 0.466 e. The summed E-state index contributed by atoms with van der Waals surface area (Å²) >= 11 is 5.12. The standard InChI is InChI=1S/C15H24N2O3S/c1-3-14(18)20-12-8-6-5-7-10-16-11-9-13(21)17(4-2)15(16)19/h9,11H,3-8,10,12H2,1-2H3. The average molecular weight is 312 g/mol. The van der Waals surface area contributed by atoms with E-state index in [1.54, 1.807) is 28.3 Å². The summed E-state index contributed by atoms with van der Waals surface area (Å²) in [6, 6.07) is 1.80. The summed E-state index contributed by atoms with van der Waals surface area (Å²) in [5, 5.41) is 0. The van der Waals surface area contributed by atoms with Crippen LogP contribution in [0, 0.1) is 4.64 Å². The van der Waals surface area contributed by atoms with Gasteiger partial charge in [-0.25, -0.2) is 4.79 Å². The monoisotopic (exact) mass is 312 g/mol. The van der Waals surface area contributed by atoms with Crippen molar-refractivity contribution in [1.82, 2.24) is 9.13 Å². The predicted molar refractivity (Wildman–Crippen MR) is 84.9 cm³/mol. The van der Waals surface area contributed by atoms with E-state index in [9.17, 15) is 9.59 Å². The minimum Gasteiger partial charge on any atom is -0.466 e. The topological polar surface area (TPSA) is 53.2 Å². The van der Waals surface area contributed by atoms with Gasteiger partial charge in [0.2, 0.25) is 0 Å². The molecule has 0 saturated heterocycles. The molecule has 0 bridgehead atoms. The maximum Gasteiger partial charge on any atom is 0.329 e. The van der Waals surface area contributed by atoms with Crippen molar-refractivity contribution < 1.29 is 9.53 Å². The third kappa shape index (κ3) is 5.83. The number of rotatable bonds is 9. The van der Waals surface area contributed by atoms with Crippen LogP contribution in [0.4, 0.5) is 0 Å². The maximum absolute atomic E-state index is 12.1. The molecule has 1 heterocycles. The zero-order chi connectivity index (χ0) is 15.7. The summed E-state index contributed by atoms with van der Waals surface area (Å²) in [5.74, 6) is -0.144. The van der Waals surface area contributed by atoms with E-state index in [-0.39, 0.29) is 11.7 Å². The summed E-state index contributed by atoms with van der Waals surface area (Å²) in [5.41, 5.74) is -0.0399. The highest BCUT2D eigenvalue weighted by molar-refractivity contribution is 7.71. The second kappa shape index (κ2) is 9.50. The van der Waals surface area contributed by atoms with E-state index in [1.807, 2.05) is 6.92 Å². The molecule has 0 aliphatic carbocycles. The highest BCUT2D eigenvalue weighted by Gasteiger charge is 2.01. The number of nitrogens with zero attached hydrogens (tertiary/aromatic N) is 2. The molecule has 1 rings (SSSR count). The van der Waals surface area contributed by atoms with Crippen LogP contribution >= 0.6 is 12.2 Å². The quantitative estimate of drug-likeness (QED) is 0.400. The Hall–Kier alpha value is -1.43. The molecule has 0 spiro atoms. The second-order valence-electron chi connectivity index (χ2n) is 4.86. The zero-order valence-corrected chi connectivity index (χ0v) is 13.7. The van der Waals surface area contributed by atoms with Crippen molar-refractivity contribution in [3.8, 4) is 0 Å². The first-order valence-electron chi connectivity index (χ1n) is 7.56. The molecule has 1 aromatic rings. The van der Waals surface area contributed by atoms with Crippen molar-refractivity contribution >= 4 is 18.2 Å². The Bertz CT molecular complexity index is 563. The first kappa shape index (κ1) is 17.6. The summed E-state index contributed by atoms with van der Waals surface area (Å²) in [6.45, 7) is 5.49. The van der Waals surface area contributed by atoms with Crippen LogP contribution in [0.15, 0.2) is 17.1 Å². The van der Waals surface area contributed by atoms with Crippen LogP contribution in [0.5, 0.6) is 0 Å². The first-order chi connectivity index (χ1) is 10.1. The minimum atomic E-state index is -0.144. The molecule has 1 aromatic heterocycles. The van der Waals surface area contributed by atoms with E-state index in [0.717, 1.165) is 25.7 Å². The number of hydrogen-bond acceptors (Lipinski definition) is 4. The summed E-state index contributed by atoms with van der Waals surface area (Å²) < 4.78 is 8.89. The summed E-state index contributed by atoms with van der Waals surface area (Å²) in [6.07, 6.45) is 6.01. The molecule has 0 aliphatic rings. The Morgan fingerprint density at radius 1 is 1.24 bits per heavy atom. The van der Waals surface area contributed by atoms with Crippen LogP contribution in [-0.2, 0) is 22.6 Å². The summed E-state index contributed by atoms with van der Waals surface area (Å²) in [4.78, 5) is 23.0. The molecule has 0 saturated carbocycles. The number of unbranched alkanes of at least 4 members (excludes halogenated alkanes) is 3. The molecular weight excluding hydrogens is 288 g/mol. The lowest BCUT2D eigenvalue weighted by Crippen LogP contribution is -2.30. The van der Waals surface area contributed by atoms with Crippen LogP contribution in [0.2, 0.25) is 0 Å². The smallest absolute Gasteiger partial charge is 0.329 e. The third-order valence-corrected chi connectivity index (χ3v) is 3.66. The number of esters is 1. The van der Waals surface area contributed by atoms with E-state index in [1.165, 1.54) is 0 Å². The Morgan fingerprint density at radius 2 is 1.95 bits per heavy atom. The first-order valence-corrected chi connectivity index (χ1v) is 7.96. The molecule has 0 atom stereocenters. The van der Waals surface area contributed by atoms with Crippen LogP contribution in [-0.4, -0.2) is 21.7 Å². The number of aryl methyl sites for hydroxylation is 1. The van der Waals surface area contributed by atoms with Gasteiger partial charge in [0.1, 0.15) is 4.64 Å². The molecule has 0 unspecified atom stereocenters. The molecule has 118 valence electrons. The number of carbonyl (C=O) groups excluding carboxylic acids is 1. The van der Waals surface area contributed by atoms with Crippen LogP contribution < -0.4 is 5.69 Å². The van der Waals surface area contributed by atoms with Crippen molar-refractivity contribution in [3.63, 3.8) is 0 Å².